The molecule has 0 saturated heterocycles. The average Bonchev–Trinajstić information content (AvgIpc) is 3.06. The second-order valence-corrected chi connectivity index (χ2v) is 4.67. The summed E-state index contributed by atoms with van der Waals surface area (Å²) in [6, 6.07) is 11.7. The topological polar surface area (TPSA) is 80.6 Å². The Kier molecular flexibility index (Phi) is 5.59. The highest BCUT2D eigenvalue weighted by atomic mass is 16.5. The number of amides is 2. The van der Waals surface area contributed by atoms with Crippen LogP contribution >= 0.6 is 0 Å². The van der Waals surface area contributed by atoms with Gasteiger partial charge in [-0.3, -0.25) is 0 Å². The maximum atomic E-state index is 11.9. The minimum absolute atomic E-state index is 0.248. The Balaban J connectivity index is 1.91. The molecule has 0 fully saturated rings. The number of rotatable bonds is 6. The Morgan fingerprint density at radius 3 is 2.59 bits per heavy atom. The number of hydrogen-bond donors (Lipinski definition) is 2. The zero-order valence-electron chi connectivity index (χ0n) is 12.2. The summed E-state index contributed by atoms with van der Waals surface area (Å²) in [6.07, 6.45) is 1.89. The summed E-state index contributed by atoms with van der Waals surface area (Å²) in [6.45, 7) is 0.248. The number of carbonyl (C=O) groups is 2. The van der Waals surface area contributed by atoms with Crippen molar-refractivity contribution in [3.05, 3.63) is 60.1 Å². The van der Waals surface area contributed by atoms with Gasteiger partial charge in [0.1, 0.15) is 11.8 Å². The van der Waals surface area contributed by atoms with Gasteiger partial charge < -0.3 is 19.8 Å². The molecular formula is C16H18N2O4. The molecular weight excluding hydrogens is 284 g/mol. The molecule has 1 heterocycles. The number of methoxy groups -OCH3 is 1. The van der Waals surface area contributed by atoms with Gasteiger partial charge in [-0.05, 0) is 17.7 Å². The third-order valence-corrected chi connectivity index (χ3v) is 3.08. The molecule has 1 atom stereocenters. The lowest BCUT2D eigenvalue weighted by Gasteiger charge is -2.16. The fourth-order valence-electron chi connectivity index (χ4n) is 1.98. The van der Waals surface area contributed by atoms with Crippen LogP contribution in [0, 0.1) is 0 Å². The van der Waals surface area contributed by atoms with Crippen molar-refractivity contribution in [1.82, 2.24) is 10.6 Å². The molecule has 1 aromatic heterocycles. The van der Waals surface area contributed by atoms with Crippen molar-refractivity contribution in [2.24, 2.45) is 0 Å². The van der Waals surface area contributed by atoms with E-state index in [-0.39, 0.29) is 6.54 Å². The van der Waals surface area contributed by atoms with Gasteiger partial charge in [-0.15, -0.1) is 0 Å². The van der Waals surface area contributed by atoms with Crippen LogP contribution in [0.25, 0.3) is 0 Å². The van der Waals surface area contributed by atoms with Crippen LogP contribution in [-0.4, -0.2) is 25.2 Å². The molecule has 0 aliphatic rings. The molecule has 116 valence electrons. The van der Waals surface area contributed by atoms with Gasteiger partial charge in [-0.2, -0.15) is 0 Å². The summed E-state index contributed by atoms with van der Waals surface area (Å²) in [5.41, 5.74) is 0.934. The van der Waals surface area contributed by atoms with E-state index >= 15 is 0 Å². The first-order valence-electron chi connectivity index (χ1n) is 6.87. The summed E-state index contributed by atoms with van der Waals surface area (Å²) in [7, 11) is 1.29. The lowest BCUT2D eigenvalue weighted by molar-refractivity contribution is -0.142. The van der Waals surface area contributed by atoms with E-state index in [1.54, 1.807) is 12.1 Å². The summed E-state index contributed by atoms with van der Waals surface area (Å²) >= 11 is 0. The van der Waals surface area contributed by atoms with Gasteiger partial charge in [0, 0.05) is 6.42 Å². The molecule has 0 aliphatic carbocycles. The first-order chi connectivity index (χ1) is 10.7. The molecule has 6 heteroatoms. The number of nitrogens with one attached hydrogen (secondary N) is 2. The van der Waals surface area contributed by atoms with Crippen LogP contribution in [0.15, 0.2) is 53.1 Å². The summed E-state index contributed by atoms with van der Waals surface area (Å²) in [5, 5.41) is 5.24. The number of hydrogen-bond acceptors (Lipinski definition) is 4. The molecule has 0 unspecified atom stereocenters. The SMILES string of the molecule is COC(=O)[C@@H](Cc1ccccc1)NC(=O)NCc1ccco1. The van der Waals surface area contributed by atoms with Gasteiger partial charge in [-0.1, -0.05) is 30.3 Å². The minimum Gasteiger partial charge on any atom is -0.467 e. The van der Waals surface area contributed by atoms with E-state index < -0.39 is 18.0 Å². The average molecular weight is 302 g/mol. The van der Waals surface area contributed by atoms with Gasteiger partial charge in [0.15, 0.2) is 0 Å². The predicted octanol–water partition coefficient (Wildman–Crippen LogP) is 1.86. The fraction of sp³-hybridized carbons (Fsp3) is 0.250. The van der Waals surface area contributed by atoms with Gasteiger partial charge in [0.2, 0.25) is 0 Å². The number of ether oxygens (including phenoxy) is 1. The van der Waals surface area contributed by atoms with E-state index in [1.807, 2.05) is 30.3 Å². The van der Waals surface area contributed by atoms with Crippen molar-refractivity contribution in [1.29, 1.82) is 0 Å². The monoisotopic (exact) mass is 302 g/mol. The van der Waals surface area contributed by atoms with Crippen molar-refractivity contribution in [2.75, 3.05) is 7.11 Å². The summed E-state index contributed by atoms with van der Waals surface area (Å²) in [4.78, 5) is 23.7. The fourth-order valence-corrected chi connectivity index (χ4v) is 1.98. The molecule has 2 aromatic rings. The van der Waals surface area contributed by atoms with Gasteiger partial charge in [-0.25, -0.2) is 9.59 Å². The molecule has 0 saturated carbocycles. The highest BCUT2D eigenvalue weighted by molar-refractivity contribution is 5.83. The maximum Gasteiger partial charge on any atom is 0.328 e. The lowest BCUT2D eigenvalue weighted by Crippen LogP contribution is -2.47. The van der Waals surface area contributed by atoms with Crippen molar-refractivity contribution < 1.29 is 18.7 Å². The Labute approximate surface area is 128 Å². The molecule has 1 aromatic carbocycles. The molecule has 2 rings (SSSR count). The second-order valence-electron chi connectivity index (χ2n) is 4.67. The third-order valence-electron chi connectivity index (χ3n) is 3.08. The van der Waals surface area contributed by atoms with Crippen molar-refractivity contribution >= 4 is 12.0 Å². The maximum absolute atomic E-state index is 11.9. The van der Waals surface area contributed by atoms with Crippen molar-refractivity contribution in [3.63, 3.8) is 0 Å². The van der Waals surface area contributed by atoms with Crippen LogP contribution in [0.1, 0.15) is 11.3 Å². The number of urea groups is 1. The molecule has 0 aliphatic heterocycles. The Morgan fingerprint density at radius 1 is 1.18 bits per heavy atom. The minimum atomic E-state index is -0.746. The van der Waals surface area contributed by atoms with E-state index in [0.29, 0.717) is 12.2 Å². The number of carbonyl (C=O) groups excluding carboxylic acids is 2. The number of benzene rings is 1. The van der Waals surface area contributed by atoms with Crippen molar-refractivity contribution in [3.8, 4) is 0 Å². The standard InChI is InChI=1S/C16H18N2O4/c1-21-15(19)14(10-12-6-3-2-4-7-12)18-16(20)17-11-13-8-5-9-22-13/h2-9,14H,10-11H2,1H3,(H2,17,18,20)/t14-/m1/s1. The molecule has 2 N–H and O–H groups in total. The first kappa shape index (κ1) is 15.6. The zero-order valence-corrected chi connectivity index (χ0v) is 12.2. The van der Waals surface area contributed by atoms with E-state index in [1.165, 1.54) is 13.4 Å². The third kappa shape index (κ3) is 4.66. The molecule has 0 bridgehead atoms. The smallest absolute Gasteiger partial charge is 0.328 e. The Morgan fingerprint density at radius 2 is 1.95 bits per heavy atom. The van der Waals surface area contributed by atoms with Gasteiger partial charge >= 0.3 is 12.0 Å². The lowest BCUT2D eigenvalue weighted by atomic mass is 10.1. The summed E-state index contributed by atoms with van der Waals surface area (Å²) in [5.74, 6) is 0.143. The normalized spacial score (nSPS) is 11.5. The predicted molar refractivity (Wildman–Crippen MR) is 80.0 cm³/mol. The Hall–Kier alpha value is -2.76. The van der Waals surface area contributed by atoms with Crippen LogP contribution in [0.2, 0.25) is 0 Å². The van der Waals surface area contributed by atoms with Crippen LogP contribution in [-0.2, 0) is 22.5 Å². The van der Waals surface area contributed by atoms with Crippen LogP contribution in [0.5, 0.6) is 0 Å². The van der Waals surface area contributed by atoms with E-state index in [0.717, 1.165) is 5.56 Å². The van der Waals surface area contributed by atoms with Crippen LogP contribution in [0.3, 0.4) is 0 Å². The molecule has 22 heavy (non-hydrogen) atoms. The molecule has 0 radical (unpaired) electrons. The number of esters is 1. The van der Waals surface area contributed by atoms with Crippen LogP contribution < -0.4 is 10.6 Å². The highest BCUT2D eigenvalue weighted by Crippen LogP contribution is 2.05. The van der Waals surface area contributed by atoms with Crippen LogP contribution in [0.4, 0.5) is 4.79 Å². The highest BCUT2D eigenvalue weighted by Gasteiger charge is 2.21. The molecule has 2 amide bonds. The van der Waals surface area contributed by atoms with E-state index in [9.17, 15) is 9.59 Å². The Bertz CT molecular complexity index is 596. The largest absolute Gasteiger partial charge is 0.467 e. The zero-order chi connectivity index (χ0) is 15.8. The van der Waals surface area contributed by atoms with E-state index in [4.69, 9.17) is 9.15 Å². The van der Waals surface area contributed by atoms with E-state index in [2.05, 4.69) is 10.6 Å². The molecule has 0 spiro atoms. The summed E-state index contributed by atoms with van der Waals surface area (Å²) < 4.78 is 9.85. The molecule has 6 nitrogen and oxygen atoms in total. The quantitative estimate of drug-likeness (QED) is 0.798. The second kappa shape index (κ2) is 7.87. The van der Waals surface area contributed by atoms with Gasteiger partial charge in [0.05, 0.1) is 19.9 Å². The first-order valence-corrected chi connectivity index (χ1v) is 6.87. The number of furan rings is 1. The van der Waals surface area contributed by atoms with Gasteiger partial charge in [0.25, 0.3) is 0 Å². The van der Waals surface area contributed by atoms with Crippen molar-refractivity contribution in [2.45, 2.75) is 19.0 Å².